The summed E-state index contributed by atoms with van der Waals surface area (Å²) >= 11 is 0. The predicted octanol–water partition coefficient (Wildman–Crippen LogP) is -0.764. The van der Waals surface area contributed by atoms with E-state index in [-0.39, 0.29) is 19.1 Å². The van der Waals surface area contributed by atoms with Gasteiger partial charge in [0.15, 0.2) is 0 Å². The molecule has 0 atom stereocenters. The standard InChI is InChI=1S/C3H11NO6P2/c5-11(6,7)3-1-2-4-12(8,9)10/h1-3H2,(H2,5,6,7)(H3,4,8,9,10). The molecule has 0 saturated carbocycles. The lowest BCUT2D eigenvalue weighted by atomic mass is 10.5. The summed E-state index contributed by atoms with van der Waals surface area (Å²) < 4.78 is 20.4. The minimum Gasteiger partial charge on any atom is -0.324 e. The highest BCUT2D eigenvalue weighted by Gasteiger charge is 2.14. The molecule has 0 spiro atoms. The lowest BCUT2D eigenvalue weighted by molar-refractivity contribution is 0.353. The first-order valence-corrected chi connectivity index (χ1v) is 6.47. The highest BCUT2D eigenvalue weighted by atomic mass is 31.2. The average Bonchev–Trinajstić information content (AvgIpc) is 1.76. The van der Waals surface area contributed by atoms with Crippen LogP contribution in [0, 0.1) is 0 Å². The topological polar surface area (TPSA) is 127 Å². The minimum absolute atomic E-state index is 0.0232. The second-order valence-electron chi connectivity index (χ2n) is 2.19. The van der Waals surface area contributed by atoms with Crippen LogP contribution in [0.15, 0.2) is 0 Å². The van der Waals surface area contributed by atoms with E-state index in [9.17, 15) is 9.13 Å². The second kappa shape index (κ2) is 4.48. The fraction of sp³-hybridized carbons (Fsp3) is 1.00. The van der Waals surface area contributed by atoms with E-state index in [1.54, 1.807) is 0 Å². The molecular weight excluding hydrogens is 208 g/mol. The molecule has 0 radical (unpaired) electrons. The molecule has 0 aliphatic carbocycles. The van der Waals surface area contributed by atoms with Gasteiger partial charge in [0.25, 0.3) is 0 Å². The highest BCUT2D eigenvalue weighted by Crippen LogP contribution is 2.35. The van der Waals surface area contributed by atoms with Crippen molar-refractivity contribution in [1.29, 1.82) is 0 Å². The molecule has 0 aromatic carbocycles. The van der Waals surface area contributed by atoms with E-state index in [1.165, 1.54) is 0 Å². The summed E-state index contributed by atoms with van der Waals surface area (Å²) in [5, 5.41) is 1.82. The molecule has 7 nitrogen and oxygen atoms in total. The van der Waals surface area contributed by atoms with E-state index >= 15 is 0 Å². The Morgan fingerprint density at radius 1 is 1.08 bits per heavy atom. The van der Waals surface area contributed by atoms with Crippen LogP contribution < -0.4 is 5.09 Å². The smallest absolute Gasteiger partial charge is 0.324 e. The summed E-state index contributed by atoms with van der Waals surface area (Å²) in [5.41, 5.74) is 0. The molecule has 9 heteroatoms. The van der Waals surface area contributed by atoms with Crippen LogP contribution in [0.4, 0.5) is 0 Å². The minimum atomic E-state index is -4.25. The van der Waals surface area contributed by atoms with Gasteiger partial charge in [-0.25, -0.2) is 9.65 Å². The molecule has 74 valence electrons. The van der Waals surface area contributed by atoms with Gasteiger partial charge in [-0.05, 0) is 6.42 Å². The van der Waals surface area contributed by atoms with Crippen LogP contribution in [0.5, 0.6) is 0 Å². The van der Waals surface area contributed by atoms with Gasteiger partial charge < -0.3 is 19.6 Å². The van der Waals surface area contributed by atoms with Crippen molar-refractivity contribution in [3.05, 3.63) is 0 Å². The quantitative estimate of drug-likeness (QED) is 0.303. The summed E-state index contributed by atoms with van der Waals surface area (Å²) in [4.78, 5) is 33.2. The Morgan fingerprint density at radius 2 is 1.58 bits per heavy atom. The van der Waals surface area contributed by atoms with Gasteiger partial charge in [0.2, 0.25) is 0 Å². The molecule has 0 rings (SSSR count). The first-order valence-electron chi connectivity index (χ1n) is 3.06. The molecule has 0 heterocycles. The van der Waals surface area contributed by atoms with Crippen LogP contribution >= 0.6 is 15.3 Å². The van der Waals surface area contributed by atoms with Gasteiger partial charge in [-0.2, -0.15) is 0 Å². The zero-order chi connectivity index (χ0) is 9.83. The Balaban J connectivity index is 3.48. The molecule has 0 aliphatic rings. The van der Waals surface area contributed by atoms with Gasteiger partial charge in [-0.1, -0.05) is 0 Å². The third-order valence-electron chi connectivity index (χ3n) is 0.944. The van der Waals surface area contributed by atoms with Gasteiger partial charge in [0.05, 0.1) is 6.16 Å². The average molecular weight is 219 g/mol. The van der Waals surface area contributed by atoms with Crippen molar-refractivity contribution < 1.29 is 28.7 Å². The zero-order valence-electron chi connectivity index (χ0n) is 6.12. The Kier molecular flexibility index (Phi) is 4.58. The van der Waals surface area contributed by atoms with E-state index in [4.69, 9.17) is 19.6 Å². The molecule has 0 unspecified atom stereocenters. The van der Waals surface area contributed by atoms with Crippen LogP contribution in [-0.4, -0.2) is 32.3 Å². The molecule has 0 aromatic heterocycles. The van der Waals surface area contributed by atoms with Gasteiger partial charge in [-0.15, -0.1) is 0 Å². The van der Waals surface area contributed by atoms with Crippen LogP contribution in [0.25, 0.3) is 0 Å². The molecule has 5 N–H and O–H groups in total. The normalized spacial score (nSPS) is 13.3. The summed E-state index contributed by atoms with van der Waals surface area (Å²) in [6.07, 6.45) is -0.352. The van der Waals surface area contributed by atoms with Crippen LogP contribution in [0.1, 0.15) is 6.42 Å². The predicted molar refractivity (Wildman–Crippen MR) is 41.6 cm³/mol. The Labute approximate surface area is 69.2 Å². The van der Waals surface area contributed by atoms with Crippen molar-refractivity contribution in [3.8, 4) is 0 Å². The Bertz CT molecular complexity index is 193. The van der Waals surface area contributed by atoms with E-state index < -0.39 is 15.3 Å². The summed E-state index contributed by atoms with van der Waals surface area (Å²) in [5.74, 6) is 0. The highest BCUT2D eigenvalue weighted by molar-refractivity contribution is 7.51. The molecule has 0 aromatic rings. The number of rotatable bonds is 5. The third kappa shape index (κ3) is 10.3. The fourth-order valence-corrected chi connectivity index (χ4v) is 1.53. The summed E-state index contributed by atoms with van der Waals surface area (Å²) in [7, 11) is -8.29. The fourth-order valence-electron chi connectivity index (χ4n) is 0.510. The van der Waals surface area contributed by atoms with E-state index in [2.05, 4.69) is 0 Å². The van der Waals surface area contributed by atoms with Crippen molar-refractivity contribution in [3.63, 3.8) is 0 Å². The van der Waals surface area contributed by atoms with Gasteiger partial charge in [0.1, 0.15) is 0 Å². The number of hydrogen-bond donors (Lipinski definition) is 5. The molecule has 12 heavy (non-hydrogen) atoms. The van der Waals surface area contributed by atoms with Gasteiger partial charge >= 0.3 is 15.3 Å². The third-order valence-corrected chi connectivity index (χ3v) is 2.48. The Hall–Kier alpha value is 0.260. The summed E-state index contributed by atoms with van der Waals surface area (Å²) in [6.45, 7) is -0.116. The molecule has 0 bridgehead atoms. The largest absolute Gasteiger partial charge is 0.400 e. The molecule has 0 saturated heterocycles. The molecule has 0 amide bonds. The van der Waals surface area contributed by atoms with Crippen LogP contribution in [0.2, 0.25) is 0 Å². The lowest BCUT2D eigenvalue weighted by Crippen LogP contribution is -2.12. The number of hydrogen-bond acceptors (Lipinski definition) is 2. The first kappa shape index (κ1) is 12.3. The van der Waals surface area contributed by atoms with E-state index in [0.29, 0.717) is 0 Å². The maximum absolute atomic E-state index is 10.2. The van der Waals surface area contributed by atoms with Crippen molar-refractivity contribution >= 4 is 15.3 Å². The van der Waals surface area contributed by atoms with Crippen molar-refractivity contribution in [2.24, 2.45) is 0 Å². The maximum atomic E-state index is 10.2. The zero-order valence-corrected chi connectivity index (χ0v) is 7.91. The van der Waals surface area contributed by atoms with Crippen molar-refractivity contribution in [1.82, 2.24) is 5.09 Å². The molecule has 0 fully saturated rings. The second-order valence-corrected chi connectivity index (χ2v) is 5.37. The SMILES string of the molecule is O=P(O)(O)CCCNP(=O)(O)O. The van der Waals surface area contributed by atoms with Crippen LogP contribution in [-0.2, 0) is 9.13 Å². The molecule has 0 aliphatic heterocycles. The van der Waals surface area contributed by atoms with E-state index in [1.807, 2.05) is 5.09 Å². The van der Waals surface area contributed by atoms with Crippen molar-refractivity contribution in [2.45, 2.75) is 6.42 Å². The number of nitrogens with one attached hydrogen (secondary N) is 1. The van der Waals surface area contributed by atoms with Gasteiger partial charge in [0, 0.05) is 6.54 Å². The molecular formula is C3H11NO6P2. The van der Waals surface area contributed by atoms with Gasteiger partial charge in [-0.3, -0.25) is 4.57 Å². The maximum Gasteiger partial charge on any atom is 0.400 e. The van der Waals surface area contributed by atoms with Crippen LogP contribution in [0.3, 0.4) is 0 Å². The van der Waals surface area contributed by atoms with E-state index in [0.717, 1.165) is 0 Å². The first-order chi connectivity index (χ1) is 5.21. The monoisotopic (exact) mass is 219 g/mol. The summed E-state index contributed by atoms with van der Waals surface area (Å²) in [6, 6.07) is 0. The lowest BCUT2D eigenvalue weighted by Gasteiger charge is -2.06. The Morgan fingerprint density at radius 3 is 1.92 bits per heavy atom. The van der Waals surface area contributed by atoms with Crippen molar-refractivity contribution in [2.75, 3.05) is 12.7 Å².